The maximum atomic E-state index is 11.5. The van der Waals surface area contributed by atoms with E-state index in [0.717, 1.165) is 0 Å². The summed E-state index contributed by atoms with van der Waals surface area (Å²) in [5.74, 6) is 0.0836. The predicted octanol–water partition coefficient (Wildman–Crippen LogP) is 1.47. The number of ether oxygens (including phenoxy) is 1. The fourth-order valence-electron chi connectivity index (χ4n) is 1.21. The molecule has 0 aromatic carbocycles. The highest BCUT2D eigenvalue weighted by Gasteiger charge is 2.24. The van der Waals surface area contributed by atoms with Crippen LogP contribution in [0, 0.1) is 17.2 Å². The van der Waals surface area contributed by atoms with Crippen molar-refractivity contribution in [2.45, 2.75) is 39.2 Å². The monoisotopic (exact) mass is 212 g/mol. The average molecular weight is 212 g/mol. The van der Waals surface area contributed by atoms with E-state index in [-0.39, 0.29) is 11.8 Å². The van der Waals surface area contributed by atoms with Gasteiger partial charge in [0.05, 0.1) is 6.07 Å². The van der Waals surface area contributed by atoms with Gasteiger partial charge in [-0.25, -0.2) is 0 Å². The highest BCUT2D eigenvalue weighted by Crippen LogP contribution is 2.09. The van der Waals surface area contributed by atoms with E-state index >= 15 is 0 Å². The van der Waals surface area contributed by atoms with Crippen LogP contribution in [0.2, 0.25) is 0 Å². The summed E-state index contributed by atoms with van der Waals surface area (Å²) in [5, 5.41) is 11.6. The standard InChI is InChI=1S/C11H20N2O2/c1-5-11(3,8-12)13-10(14)6-9(2)7-15-4/h9H,5-7H2,1-4H3,(H,13,14). The van der Waals surface area contributed by atoms with Gasteiger partial charge < -0.3 is 10.1 Å². The molecule has 0 aliphatic carbocycles. The lowest BCUT2D eigenvalue weighted by atomic mass is 10.00. The number of amides is 1. The van der Waals surface area contributed by atoms with Crippen LogP contribution >= 0.6 is 0 Å². The Hall–Kier alpha value is -1.08. The lowest BCUT2D eigenvalue weighted by molar-refractivity contribution is -0.123. The van der Waals surface area contributed by atoms with E-state index in [1.807, 2.05) is 13.8 Å². The molecule has 1 N–H and O–H groups in total. The average Bonchev–Trinajstić information content (AvgIpc) is 2.17. The van der Waals surface area contributed by atoms with E-state index in [1.54, 1.807) is 14.0 Å². The maximum Gasteiger partial charge on any atom is 0.221 e. The van der Waals surface area contributed by atoms with Gasteiger partial charge in [-0.05, 0) is 19.3 Å². The number of methoxy groups -OCH3 is 1. The molecule has 0 heterocycles. The van der Waals surface area contributed by atoms with Crippen molar-refractivity contribution in [3.8, 4) is 6.07 Å². The van der Waals surface area contributed by atoms with Gasteiger partial charge in [0.15, 0.2) is 0 Å². The molecular weight excluding hydrogens is 192 g/mol. The Kier molecular flexibility index (Phi) is 5.95. The molecule has 0 bridgehead atoms. The zero-order valence-electron chi connectivity index (χ0n) is 9.96. The fraction of sp³-hybridized carbons (Fsp3) is 0.818. The quantitative estimate of drug-likeness (QED) is 0.725. The molecule has 0 aromatic rings. The minimum Gasteiger partial charge on any atom is -0.384 e. The molecule has 1 amide bonds. The van der Waals surface area contributed by atoms with Crippen LogP contribution in [-0.4, -0.2) is 25.2 Å². The number of carbonyl (C=O) groups excluding carboxylic acids is 1. The second-order valence-electron chi connectivity index (χ2n) is 4.11. The highest BCUT2D eigenvalue weighted by molar-refractivity contribution is 5.77. The summed E-state index contributed by atoms with van der Waals surface area (Å²) in [6.07, 6.45) is 0.999. The molecule has 0 spiro atoms. The third-order valence-electron chi connectivity index (χ3n) is 2.35. The van der Waals surface area contributed by atoms with E-state index in [4.69, 9.17) is 10.00 Å². The third kappa shape index (κ3) is 5.38. The number of hydrogen-bond donors (Lipinski definition) is 1. The Morgan fingerprint density at radius 2 is 2.27 bits per heavy atom. The number of rotatable bonds is 6. The van der Waals surface area contributed by atoms with Gasteiger partial charge >= 0.3 is 0 Å². The van der Waals surface area contributed by atoms with Crippen LogP contribution < -0.4 is 5.32 Å². The molecule has 0 radical (unpaired) electrons. The largest absolute Gasteiger partial charge is 0.384 e. The first kappa shape index (κ1) is 13.9. The number of hydrogen-bond acceptors (Lipinski definition) is 3. The molecule has 2 unspecified atom stereocenters. The van der Waals surface area contributed by atoms with Crippen molar-refractivity contribution in [2.75, 3.05) is 13.7 Å². The van der Waals surface area contributed by atoms with Gasteiger partial charge in [-0.2, -0.15) is 5.26 Å². The van der Waals surface area contributed by atoms with Crippen molar-refractivity contribution in [3.05, 3.63) is 0 Å². The molecule has 4 nitrogen and oxygen atoms in total. The topological polar surface area (TPSA) is 62.1 Å². The van der Waals surface area contributed by atoms with Gasteiger partial charge in [0.25, 0.3) is 0 Å². The van der Waals surface area contributed by atoms with Crippen LogP contribution in [0.25, 0.3) is 0 Å². The van der Waals surface area contributed by atoms with E-state index in [1.165, 1.54) is 0 Å². The van der Waals surface area contributed by atoms with Crippen LogP contribution in [0.3, 0.4) is 0 Å². The van der Waals surface area contributed by atoms with Crippen LogP contribution in [0.4, 0.5) is 0 Å². The molecule has 4 heteroatoms. The van der Waals surface area contributed by atoms with Crippen LogP contribution in [-0.2, 0) is 9.53 Å². The first-order chi connectivity index (χ1) is 6.97. The molecule has 0 saturated carbocycles. The molecule has 2 atom stereocenters. The molecule has 86 valence electrons. The van der Waals surface area contributed by atoms with Crippen LogP contribution in [0.15, 0.2) is 0 Å². The number of nitriles is 1. The zero-order chi connectivity index (χ0) is 11.9. The third-order valence-corrected chi connectivity index (χ3v) is 2.35. The first-order valence-electron chi connectivity index (χ1n) is 5.18. The number of nitrogens with one attached hydrogen (secondary N) is 1. The van der Waals surface area contributed by atoms with Gasteiger partial charge in [-0.3, -0.25) is 4.79 Å². The SMILES string of the molecule is CCC(C)(C#N)NC(=O)CC(C)COC. The number of nitrogens with zero attached hydrogens (tertiary/aromatic N) is 1. The van der Waals surface area contributed by atoms with Crippen molar-refractivity contribution < 1.29 is 9.53 Å². The summed E-state index contributed by atoms with van der Waals surface area (Å²) in [7, 11) is 1.61. The molecule has 15 heavy (non-hydrogen) atoms. The fourth-order valence-corrected chi connectivity index (χ4v) is 1.21. The van der Waals surface area contributed by atoms with Crippen LogP contribution in [0.1, 0.15) is 33.6 Å². The predicted molar refractivity (Wildman–Crippen MR) is 58.1 cm³/mol. The molecular formula is C11H20N2O2. The van der Waals surface area contributed by atoms with Gasteiger partial charge in [-0.1, -0.05) is 13.8 Å². The summed E-state index contributed by atoms with van der Waals surface area (Å²) in [6, 6.07) is 2.10. The maximum absolute atomic E-state index is 11.5. The van der Waals surface area contributed by atoms with Gasteiger partial charge in [0.2, 0.25) is 5.91 Å². The Balaban J connectivity index is 4.09. The summed E-state index contributed by atoms with van der Waals surface area (Å²) in [6.45, 7) is 6.11. The highest BCUT2D eigenvalue weighted by atomic mass is 16.5. The summed E-state index contributed by atoms with van der Waals surface area (Å²) in [4.78, 5) is 11.5. The first-order valence-corrected chi connectivity index (χ1v) is 5.18. The van der Waals surface area contributed by atoms with Crippen molar-refractivity contribution >= 4 is 5.91 Å². The Morgan fingerprint density at radius 1 is 1.67 bits per heavy atom. The van der Waals surface area contributed by atoms with E-state index < -0.39 is 5.54 Å². The normalized spacial score (nSPS) is 16.2. The van der Waals surface area contributed by atoms with Gasteiger partial charge in [0, 0.05) is 20.1 Å². The Bertz CT molecular complexity index is 247. The lowest BCUT2D eigenvalue weighted by Gasteiger charge is -2.22. The van der Waals surface area contributed by atoms with Crippen molar-refractivity contribution in [2.24, 2.45) is 5.92 Å². The molecule has 0 aliphatic heterocycles. The minimum atomic E-state index is -0.746. The smallest absolute Gasteiger partial charge is 0.221 e. The zero-order valence-corrected chi connectivity index (χ0v) is 9.96. The second kappa shape index (κ2) is 6.41. The minimum absolute atomic E-state index is 0.0922. The summed E-state index contributed by atoms with van der Waals surface area (Å²) >= 11 is 0. The molecule has 0 fully saturated rings. The number of carbonyl (C=O) groups is 1. The summed E-state index contributed by atoms with van der Waals surface area (Å²) in [5.41, 5.74) is -0.746. The van der Waals surface area contributed by atoms with E-state index in [2.05, 4.69) is 11.4 Å². The molecule has 0 rings (SSSR count). The van der Waals surface area contributed by atoms with Crippen molar-refractivity contribution in [1.82, 2.24) is 5.32 Å². The van der Waals surface area contributed by atoms with Gasteiger partial charge in [0.1, 0.15) is 5.54 Å². The molecule has 0 aliphatic rings. The van der Waals surface area contributed by atoms with Crippen molar-refractivity contribution in [1.29, 1.82) is 5.26 Å². The van der Waals surface area contributed by atoms with E-state index in [9.17, 15) is 4.79 Å². The Labute approximate surface area is 91.6 Å². The summed E-state index contributed by atoms with van der Waals surface area (Å²) < 4.78 is 4.94. The van der Waals surface area contributed by atoms with Crippen molar-refractivity contribution in [3.63, 3.8) is 0 Å². The van der Waals surface area contributed by atoms with E-state index in [0.29, 0.717) is 19.4 Å². The molecule has 0 saturated heterocycles. The lowest BCUT2D eigenvalue weighted by Crippen LogP contribution is -2.44. The Morgan fingerprint density at radius 3 is 2.67 bits per heavy atom. The van der Waals surface area contributed by atoms with Gasteiger partial charge in [-0.15, -0.1) is 0 Å². The molecule has 0 aromatic heterocycles. The van der Waals surface area contributed by atoms with Crippen LogP contribution in [0.5, 0.6) is 0 Å². The second-order valence-corrected chi connectivity index (χ2v) is 4.11.